The quantitative estimate of drug-likeness (QED) is 0.173. The Hall–Kier alpha value is -6.22. The van der Waals surface area contributed by atoms with Crippen LogP contribution in [0, 0.1) is 0 Å². The molecule has 0 unspecified atom stereocenters. The van der Waals surface area contributed by atoms with E-state index in [4.69, 9.17) is 4.42 Å². The second kappa shape index (κ2) is 10.6. The molecule has 0 bridgehead atoms. The van der Waals surface area contributed by atoms with E-state index < -0.39 is 0 Å². The maximum Gasteiger partial charge on any atom is 0.136 e. The number of hydrogen-bond acceptors (Lipinski definition) is 2. The highest BCUT2D eigenvalue weighted by Crippen LogP contribution is 2.46. The lowest BCUT2D eigenvalue weighted by atomic mass is 9.85. The standard InChI is InChI=1S/C48H28OS/c1-2-11-30-24-32(21-20-29(30)10-1)31-12-9-13-33(25-31)47-37-15-3-5-17-39(37)48(40-18-6-4-16-38(40)47)34-22-23-35-41-27-42-36-14-7-8-19-45(36)50-46(42)28-44(41)49-43(35)26-34/h1-28H. The first-order chi connectivity index (χ1) is 24.8. The van der Waals surface area contributed by atoms with E-state index in [1.807, 2.05) is 11.3 Å². The predicted molar refractivity (Wildman–Crippen MR) is 215 cm³/mol. The third kappa shape index (κ3) is 4.13. The Balaban J connectivity index is 1.11. The van der Waals surface area contributed by atoms with Gasteiger partial charge in [0.1, 0.15) is 11.2 Å². The second-order valence-electron chi connectivity index (χ2n) is 13.2. The number of furan rings is 1. The molecular weight excluding hydrogens is 625 g/mol. The highest BCUT2D eigenvalue weighted by Gasteiger charge is 2.19. The van der Waals surface area contributed by atoms with Crippen LogP contribution in [-0.2, 0) is 0 Å². The molecule has 0 aliphatic carbocycles. The summed E-state index contributed by atoms with van der Waals surface area (Å²) in [6.07, 6.45) is 0. The molecule has 0 N–H and O–H groups in total. The van der Waals surface area contributed by atoms with Crippen molar-refractivity contribution in [2.24, 2.45) is 0 Å². The average molecular weight is 653 g/mol. The third-order valence-corrected chi connectivity index (χ3v) is 11.6. The van der Waals surface area contributed by atoms with Crippen molar-refractivity contribution in [2.45, 2.75) is 0 Å². The van der Waals surface area contributed by atoms with Gasteiger partial charge in [-0.05, 0) is 108 Å². The summed E-state index contributed by atoms with van der Waals surface area (Å²) < 4.78 is 9.19. The molecule has 2 heteroatoms. The van der Waals surface area contributed by atoms with E-state index >= 15 is 0 Å². The van der Waals surface area contributed by atoms with Gasteiger partial charge in [-0.1, -0.05) is 127 Å². The lowest BCUT2D eigenvalue weighted by Gasteiger charge is -2.18. The molecule has 0 fully saturated rings. The van der Waals surface area contributed by atoms with Crippen molar-refractivity contribution >= 4 is 85.8 Å². The molecule has 1 nitrogen and oxygen atoms in total. The Morgan fingerprint density at radius 1 is 0.300 bits per heavy atom. The molecule has 0 saturated heterocycles. The highest BCUT2D eigenvalue weighted by molar-refractivity contribution is 7.25. The first-order valence-electron chi connectivity index (χ1n) is 17.1. The molecule has 0 saturated carbocycles. The van der Waals surface area contributed by atoms with Gasteiger partial charge in [-0.25, -0.2) is 0 Å². The minimum absolute atomic E-state index is 0.916. The van der Waals surface area contributed by atoms with Crippen molar-refractivity contribution in [3.8, 4) is 33.4 Å². The molecule has 2 heterocycles. The number of benzene rings is 9. The van der Waals surface area contributed by atoms with Crippen LogP contribution in [-0.4, -0.2) is 0 Å². The Bertz CT molecular complexity index is 3100. The monoisotopic (exact) mass is 652 g/mol. The van der Waals surface area contributed by atoms with Crippen molar-refractivity contribution in [1.29, 1.82) is 0 Å². The molecule has 50 heavy (non-hydrogen) atoms. The van der Waals surface area contributed by atoms with Crippen LogP contribution in [0.1, 0.15) is 0 Å². The lowest BCUT2D eigenvalue weighted by Crippen LogP contribution is -1.91. The fourth-order valence-corrected chi connectivity index (χ4v) is 9.24. The van der Waals surface area contributed by atoms with E-state index in [2.05, 4.69) is 170 Å². The van der Waals surface area contributed by atoms with E-state index in [0.29, 0.717) is 0 Å². The molecule has 11 rings (SSSR count). The molecule has 2 aromatic heterocycles. The van der Waals surface area contributed by atoms with Crippen molar-refractivity contribution in [1.82, 2.24) is 0 Å². The first-order valence-corrected chi connectivity index (χ1v) is 17.9. The molecule has 0 aliphatic heterocycles. The van der Waals surface area contributed by atoms with Crippen LogP contribution in [0.5, 0.6) is 0 Å². The zero-order chi connectivity index (χ0) is 32.8. The number of thiophene rings is 1. The zero-order valence-electron chi connectivity index (χ0n) is 27.0. The van der Waals surface area contributed by atoms with Gasteiger partial charge in [-0.15, -0.1) is 11.3 Å². The van der Waals surface area contributed by atoms with Crippen LogP contribution in [0.4, 0.5) is 0 Å². The summed E-state index contributed by atoms with van der Waals surface area (Å²) in [6.45, 7) is 0. The fourth-order valence-electron chi connectivity index (χ4n) is 8.12. The molecular formula is C48H28OS. The van der Waals surface area contributed by atoms with Gasteiger partial charge in [0.25, 0.3) is 0 Å². The first kappa shape index (κ1) is 27.7. The predicted octanol–water partition coefficient (Wildman–Crippen LogP) is 14.4. The molecule has 9 aromatic carbocycles. The van der Waals surface area contributed by atoms with Crippen LogP contribution >= 0.6 is 11.3 Å². The third-order valence-electron chi connectivity index (χ3n) is 10.4. The minimum atomic E-state index is 0.916. The van der Waals surface area contributed by atoms with E-state index in [1.165, 1.54) is 85.7 Å². The molecule has 0 radical (unpaired) electrons. The Labute approximate surface area is 292 Å². The number of rotatable bonds is 3. The van der Waals surface area contributed by atoms with Gasteiger partial charge in [0.2, 0.25) is 0 Å². The largest absolute Gasteiger partial charge is 0.456 e. The van der Waals surface area contributed by atoms with Gasteiger partial charge >= 0.3 is 0 Å². The molecule has 0 aliphatic rings. The average Bonchev–Trinajstić information content (AvgIpc) is 3.72. The number of fused-ring (bicyclic) bond motifs is 9. The lowest BCUT2D eigenvalue weighted by molar-refractivity contribution is 0.669. The summed E-state index contributed by atoms with van der Waals surface area (Å²) in [5.41, 5.74) is 9.17. The van der Waals surface area contributed by atoms with Gasteiger partial charge in [0.15, 0.2) is 0 Å². The van der Waals surface area contributed by atoms with Crippen LogP contribution in [0.2, 0.25) is 0 Å². The van der Waals surface area contributed by atoms with Crippen LogP contribution in [0.25, 0.3) is 108 Å². The smallest absolute Gasteiger partial charge is 0.136 e. The molecule has 232 valence electrons. The zero-order valence-corrected chi connectivity index (χ0v) is 27.8. The summed E-state index contributed by atoms with van der Waals surface area (Å²) in [4.78, 5) is 0. The van der Waals surface area contributed by atoms with Crippen molar-refractivity contribution in [3.05, 3.63) is 170 Å². The van der Waals surface area contributed by atoms with E-state index in [1.54, 1.807) is 0 Å². The van der Waals surface area contributed by atoms with Crippen LogP contribution in [0.3, 0.4) is 0 Å². The maximum absolute atomic E-state index is 6.62. The fraction of sp³-hybridized carbons (Fsp3) is 0. The van der Waals surface area contributed by atoms with E-state index in [9.17, 15) is 0 Å². The van der Waals surface area contributed by atoms with Gasteiger partial charge in [0.05, 0.1) is 0 Å². The second-order valence-corrected chi connectivity index (χ2v) is 14.3. The van der Waals surface area contributed by atoms with Crippen molar-refractivity contribution < 1.29 is 4.42 Å². The number of hydrogen-bond donors (Lipinski definition) is 0. The minimum Gasteiger partial charge on any atom is -0.456 e. The van der Waals surface area contributed by atoms with E-state index in [0.717, 1.165) is 22.1 Å². The topological polar surface area (TPSA) is 13.1 Å². The normalized spacial score (nSPS) is 12.0. The SMILES string of the molecule is c1cc(-c2ccc3ccccc3c2)cc(-c2c3ccccc3c(-c3ccc4c(c3)oc3cc5sc6ccccc6c5cc34)c3ccccc23)c1. The van der Waals surface area contributed by atoms with Gasteiger partial charge in [-0.2, -0.15) is 0 Å². The summed E-state index contributed by atoms with van der Waals surface area (Å²) in [6, 6.07) is 62.1. The van der Waals surface area contributed by atoms with Crippen molar-refractivity contribution in [3.63, 3.8) is 0 Å². The maximum atomic E-state index is 6.62. The Morgan fingerprint density at radius 3 is 1.64 bits per heavy atom. The highest BCUT2D eigenvalue weighted by atomic mass is 32.1. The molecule has 0 spiro atoms. The Kier molecular flexibility index (Phi) is 5.89. The molecule has 0 amide bonds. The Morgan fingerprint density at radius 2 is 0.880 bits per heavy atom. The summed E-state index contributed by atoms with van der Waals surface area (Å²) in [5, 5.41) is 12.4. The summed E-state index contributed by atoms with van der Waals surface area (Å²) in [7, 11) is 0. The summed E-state index contributed by atoms with van der Waals surface area (Å²) in [5.74, 6) is 0. The van der Waals surface area contributed by atoms with Gasteiger partial charge in [-0.3, -0.25) is 0 Å². The van der Waals surface area contributed by atoms with E-state index in [-0.39, 0.29) is 0 Å². The van der Waals surface area contributed by atoms with Crippen LogP contribution < -0.4 is 0 Å². The van der Waals surface area contributed by atoms with Gasteiger partial charge < -0.3 is 4.42 Å². The van der Waals surface area contributed by atoms with Gasteiger partial charge in [0, 0.05) is 30.9 Å². The molecule has 11 aromatic rings. The molecule has 0 atom stereocenters. The van der Waals surface area contributed by atoms with Crippen LogP contribution in [0.15, 0.2) is 174 Å². The summed E-state index contributed by atoms with van der Waals surface area (Å²) >= 11 is 1.83. The van der Waals surface area contributed by atoms with Crippen molar-refractivity contribution in [2.75, 3.05) is 0 Å².